The molecule has 0 fully saturated rings. The lowest BCUT2D eigenvalue weighted by Crippen LogP contribution is -2.23. The molecule has 0 saturated carbocycles. The smallest absolute Gasteiger partial charge is 0.308 e. The van der Waals surface area contributed by atoms with Crippen LogP contribution in [0.25, 0.3) is 0 Å². The first-order chi connectivity index (χ1) is 14.3. The number of hydrogen-bond donors (Lipinski definition) is 4. The van der Waals surface area contributed by atoms with Crippen LogP contribution in [-0.2, 0) is 0 Å². The van der Waals surface area contributed by atoms with Crippen LogP contribution in [0.2, 0.25) is 20.1 Å². The van der Waals surface area contributed by atoms with Crippen LogP contribution in [0.5, 0.6) is 0 Å². The quantitative estimate of drug-likeness (QED) is 0.321. The summed E-state index contributed by atoms with van der Waals surface area (Å²) in [7, 11) is 0. The number of rotatable bonds is 4. The van der Waals surface area contributed by atoms with Gasteiger partial charge in [0, 0.05) is 17.6 Å². The van der Waals surface area contributed by atoms with E-state index >= 15 is 0 Å². The Kier molecular flexibility index (Phi) is 7.23. The van der Waals surface area contributed by atoms with Crippen molar-refractivity contribution in [2.45, 2.75) is 0 Å². The molecule has 3 aromatic rings. The number of urea groups is 2. The van der Waals surface area contributed by atoms with Crippen molar-refractivity contribution < 1.29 is 9.59 Å². The van der Waals surface area contributed by atoms with Crippen LogP contribution in [0, 0.1) is 0 Å². The third-order valence-corrected chi connectivity index (χ3v) is 5.15. The van der Waals surface area contributed by atoms with Gasteiger partial charge in [0.1, 0.15) is 0 Å². The van der Waals surface area contributed by atoms with Gasteiger partial charge in [-0.2, -0.15) is 0 Å². The Balaban J connectivity index is 1.66. The number of halogens is 4. The fourth-order valence-electron chi connectivity index (χ4n) is 2.32. The normalized spacial score (nSPS) is 10.3. The Bertz CT molecular complexity index is 1020. The van der Waals surface area contributed by atoms with Gasteiger partial charge in [0.15, 0.2) is 0 Å². The number of benzene rings is 2. The maximum absolute atomic E-state index is 12.3. The molecule has 0 bridgehead atoms. The molecule has 7 nitrogen and oxygen atoms in total. The Hall–Kier alpha value is -2.71. The predicted octanol–water partition coefficient (Wildman–Crippen LogP) is 6.98. The van der Waals surface area contributed by atoms with Crippen molar-refractivity contribution in [3.8, 4) is 0 Å². The lowest BCUT2D eigenvalue weighted by molar-refractivity contribution is 0.261. The Morgan fingerprint density at radius 2 is 1.13 bits per heavy atom. The summed E-state index contributed by atoms with van der Waals surface area (Å²) < 4.78 is 0. The summed E-state index contributed by atoms with van der Waals surface area (Å²) in [4.78, 5) is 28.6. The van der Waals surface area contributed by atoms with Crippen molar-refractivity contribution in [1.29, 1.82) is 0 Å². The van der Waals surface area contributed by atoms with Gasteiger partial charge in [0.25, 0.3) is 0 Å². The first-order valence-electron chi connectivity index (χ1n) is 8.32. The summed E-state index contributed by atoms with van der Waals surface area (Å²) in [6, 6.07) is 9.77. The molecule has 0 spiro atoms. The topological polar surface area (TPSA) is 95.2 Å². The molecule has 154 valence electrons. The van der Waals surface area contributed by atoms with E-state index in [4.69, 9.17) is 46.4 Å². The van der Waals surface area contributed by atoms with Gasteiger partial charge in [0.05, 0.1) is 37.7 Å². The number of nitrogens with one attached hydrogen (secondary N) is 4. The average molecular weight is 485 g/mol. The third kappa shape index (κ3) is 5.90. The molecule has 0 saturated heterocycles. The molecular formula is C19H13Cl4N5O2. The van der Waals surface area contributed by atoms with Gasteiger partial charge in [-0.1, -0.05) is 46.4 Å². The molecule has 4 amide bonds. The van der Waals surface area contributed by atoms with Gasteiger partial charge in [-0.3, -0.25) is 4.98 Å². The fourth-order valence-corrected chi connectivity index (χ4v) is 2.92. The van der Waals surface area contributed by atoms with E-state index < -0.39 is 12.1 Å². The molecule has 0 aliphatic rings. The van der Waals surface area contributed by atoms with Crippen molar-refractivity contribution in [2.75, 3.05) is 21.3 Å². The van der Waals surface area contributed by atoms with Crippen molar-refractivity contribution in [3.05, 3.63) is 74.9 Å². The number of aromatic nitrogens is 1. The Morgan fingerprint density at radius 1 is 0.633 bits per heavy atom. The summed E-state index contributed by atoms with van der Waals surface area (Å²) in [5.41, 5.74) is 1.49. The van der Waals surface area contributed by atoms with E-state index in [0.717, 1.165) is 0 Å². The highest BCUT2D eigenvalue weighted by molar-refractivity contribution is 6.42. The zero-order valence-electron chi connectivity index (χ0n) is 15.0. The maximum atomic E-state index is 12.3. The SMILES string of the molecule is O=C(Nc1ccc(Cl)c(Cl)c1)Nc1ccncc1NC(=O)Nc1ccc(Cl)c(Cl)c1. The molecule has 1 aromatic heterocycles. The van der Waals surface area contributed by atoms with Crippen LogP contribution in [0.15, 0.2) is 54.9 Å². The van der Waals surface area contributed by atoms with E-state index in [1.807, 2.05) is 0 Å². The zero-order chi connectivity index (χ0) is 21.7. The highest BCUT2D eigenvalue weighted by Crippen LogP contribution is 2.27. The first-order valence-corrected chi connectivity index (χ1v) is 9.83. The summed E-state index contributed by atoms with van der Waals surface area (Å²) >= 11 is 23.6. The number of hydrogen-bond acceptors (Lipinski definition) is 3. The molecular weight excluding hydrogens is 472 g/mol. The maximum Gasteiger partial charge on any atom is 0.323 e. The second kappa shape index (κ2) is 9.86. The standard InChI is InChI=1S/C19H13Cl4N5O2/c20-12-3-1-10(7-14(12)22)25-18(29)27-16-5-6-24-9-17(16)28-19(30)26-11-2-4-13(21)15(23)8-11/h1-9H,(H2,26,28,30)(H2,24,25,27,29). The average Bonchev–Trinajstić information content (AvgIpc) is 2.69. The van der Waals surface area contributed by atoms with E-state index in [0.29, 0.717) is 37.2 Å². The van der Waals surface area contributed by atoms with E-state index in [9.17, 15) is 9.59 Å². The van der Waals surface area contributed by atoms with E-state index in [1.165, 1.54) is 30.6 Å². The van der Waals surface area contributed by atoms with E-state index in [1.54, 1.807) is 24.3 Å². The molecule has 0 radical (unpaired) electrons. The number of amides is 4. The number of carbonyl (C=O) groups is 2. The Labute approximate surface area is 191 Å². The molecule has 11 heteroatoms. The highest BCUT2D eigenvalue weighted by atomic mass is 35.5. The van der Waals surface area contributed by atoms with Crippen LogP contribution in [-0.4, -0.2) is 17.0 Å². The minimum Gasteiger partial charge on any atom is -0.308 e. The van der Waals surface area contributed by atoms with Gasteiger partial charge in [-0.25, -0.2) is 9.59 Å². The zero-order valence-corrected chi connectivity index (χ0v) is 18.0. The monoisotopic (exact) mass is 483 g/mol. The van der Waals surface area contributed by atoms with Crippen molar-refractivity contribution in [2.24, 2.45) is 0 Å². The molecule has 0 atom stereocenters. The van der Waals surface area contributed by atoms with Gasteiger partial charge >= 0.3 is 12.1 Å². The number of anilines is 4. The predicted molar refractivity (Wildman–Crippen MR) is 122 cm³/mol. The van der Waals surface area contributed by atoms with Crippen LogP contribution < -0.4 is 21.3 Å². The lowest BCUT2D eigenvalue weighted by Gasteiger charge is -2.13. The van der Waals surface area contributed by atoms with E-state index in [-0.39, 0.29) is 5.69 Å². The second-order valence-corrected chi connectivity index (χ2v) is 7.47. The highest BCUT2D eigenvalue weighted by Gasteiger charge is 2.11. The number of pyridine rings is 1. The molecule has 3 rings (SSSR count). The largest absolute Gasteiger partial charge is 0.323 e. The van der Waals surface area contributed by atoms with Gasteiger partial charge in [-0.05, 0) is 42.5 Å². The summed E-state index contributed by atoms with van der Waals surface area (Å²) in [5.74, 6) is 0. The van der Waals surface area contributed by atoms with E-state index in [2.05, 4.69) is 26.3 Å². The third-order valence-electron chi connectivity index (χ3n) is 3.67. The molecule has 0 unspecified atom stereocenters. The minimum absolute atomic E-state index is 0.277. The van der Waals surface area contributed by atoms with Gasteiger partial charge in [-0.15, -0.1) is 0 Å². The van der Waals surface area contributed by atoms with Crippen LogP contribution in [0.4, 0.5) is 32.3 Å². The molecule has 30 heavy (non-hydrogen) atoms. The number of carbonyl (C=O) groups excluding carboxylic acids is 2. The summed E-state index contributed by atoms with van der Waals surface area (Å²) in [5, 5.41) is 11.8. The molecule has 0 aliphatic carbocycles. The molecule has 2 aromatic carbocycles. The summed E-state index contributed by atoms with van der Waals surface area (Å²) in [6.07, 6.45) is 2.86. The van der Waals surface area contributed by atoms with Crippen molar-refractivity contribution >= 4 is 81.2 Å². The number of nitrogens with zero attached hydrogens (tertiary/aromatic N) is 1. The van der Waals surface area contributed by atoms with Crippen LogP contribution in [0.3, 0.4) is 0 Å². The first kappa shape index (κ1) is 22.0. The van der Waals surface area contributed by atoms with Gasteiger partial charge in [0.2, 0.25) is 0 Å². The lowest BCUT2D eigenvalue weighted by atomic mass is 10.3. The van der Waals surface area contributed by atoms with Crippen molar-refractivity contribution in [1.82, 2.24) is 4.98 Å². The fraction of sp³-hybridized carbons (Fsp3) is 0. The van der Waals surface area contributed by atoms with Crippen LogP contribution >= 0.6 is 46.4 Å². The minimum atomic E-state index is -0.561. The second-order valence-electron chi connectivity index (χ2n) is 5.84. The van der Waals surface area contributed by atoms with Crippen LogP contribution in [0.1, 0.15) is 0 Å². The molecule has 4 N–H and O–H groups in total. The Morgan fingerprint density at radius 3 is 1.63 bits per heavy atom. The van der Waals surface area contributed by atoms with Gasteiger partial charge < -0.3 is 21.3 Å². The molecule has 0 aliphatic heterocycles. The van der Waals surface area contributed by atoms with Crippen molar-refractivity contribution in [3.63, 3.8) is 0 Å². The summed E-state index contributed by atoms with van der Waals surface area (Å²) in [6.45, 7) is 0. The molecule has 1 heterocycles.